The van der Waals surface area contributed by atoms with Crippen molar-refractivity contribution in [2.45, 2.75) is 45.6 Å². The van der Waals surface area contributed by atoms with Gasteiger partial charge in [-0.25, -0.2) is 0 Å². The highest BCUT2D eigenvalue weighted by molar-refractivity contribution is 5.69. The summed E-state index contributed by atoms with van der Waals surface area (Å²) < 4.78 is 16.4. The minimum atomic E-state index is -0.179. The number of ether oxygens (including phenoxy) is 3. The summed E-state index contributed by atoms with van der Waals surface area (Å²) in [4.78, 5) is 11.3. The fraction of sp³-hybridized carbons (Fsp3) is 0.588. The van der Waals surface area contributed by atoms with Crippen LogP contribution in [0.25, 0.3) is 0 Å². The van der Waals surface area contributed by atoms with Gasteiger partial charge in [0.25, 0.3) is 0 Å². The molecule has 1 aromatic carbocycles. The monoisotopic (exact) mass is 307 g/mol. The molecule has 0 heterocycles. The summed E-state index contributed by atoms with van der Waals surface area (Å²) in [7, 11) is 0. The van der Waals surface area contributed by atoms with Crippen molar-refractivity contribution in [3.63, 3.8) is 0 Å². The molecular formula is C17H25NO4. The second-order valence-corrected chi connectivity index (χ2v) is 5.42. The molecule has 1 unspecified atom stereocenters. The lowest BCUT2D eigenvalue weighted by Crippen LogP contribution is -2.19. The fourth-order valence-electron chi connectivity index (χ4n) is 2.72. The maximum absolute atomic E-state index is 11.3. The second-order valence-electron chi connectivity index (χ2n) is 5.42. The topological polar surface area (TPSA) is 70.8 Å². The van der Waals surface area contributed by atoms with Gasteiger partial charge in [-0.2, -0.15) is 0 Å². The standard InChI is InChI=1S/C17H25NO4/c1-3-20-14-9-12-8-13(18)10-15(12)16(11-14)22-7-5-6-17(19)21-4-2/h9,11,13H,3-8,10,18H2,1-2H3. The van der Waals surface area contributed by atoms with Crippen molar-refractivity contribution in [2.75, 3.05) is 19.8 Å². The van der Waals surface area contributed by atoms with Crippen LogP contribution in [0.4, 0.5) is 0 Å². The minimum absolute atomic E-state index is 0.147. The molecule has 1 aromatic rings. The quantitative estimate of drug-likeness (QED) is 0.589. The molecule has 0 bridgehead atoms. The van der Waals surface area contributed by atoms with E-state index in [4.69, 9.17) is 19.9 Å². The molecular weight excluding hydrogens is 282 g/mol. The van der Waals surface area contributed by atoms with E-state index in [0.717, 1.165) is 24.3 Å². The van der Waals surface area contributed by atoms with E-state index in [1.54, 1.807) is 6.92 Å². The number of carbonyl (C=O) groups is 1. The van der Waals surface area contributed by atoms with Crippen molar-refractivity contribution in [1.29, 1.82) is 0 Å². The Kier molecular flexibility index (Phi) is 6.07. The SMILES string of the molecule is CCOC(=O)CCCOc1cc(OCC)cc2c1CC(N)C2. The van der Waals surface area contributed by atoms with E-state index in [-0.39, 0.29) is 12.0 Å². The molecule has 0 amide bonds. The Balaban J connectivity index is 1.96. The van der Waals surface area contributed by atoms with Crippen LogP contribution >= 0.6 is 0 Å². The molecule has 0 fully saturated rings. The summed E-state index contributed by atoms with van der Waals surface area (Å²) in [6.07, 6.45) is 2.70. The number of benzene rings is 1. The number of fused-ring (bicyclic) bond motifs is 1. The summed E-state index contributed by atoms with van der Waals surface area (Å²) in [5.74, 6) is 1.47. The predicted molar refractivity (Wildman–Crippen MR) is 84.4 cm³/mol. The molecule has 0 radical (unpaired) electrons. The van der Waals surface area contributed by atoms with E-state index in [1.807, 2.05) is 13.0 Å². The minimum Gasteiger partial charge on any atom is -0.494 e. The third-order valence-electron chi connectivity index (χ3n) is 3.62. The van der Waals surface area contributed by atoms with Crippen molar-refractivity contribution in [3.05, 3.63) is 23.3 Å². The maximum Gasteiger partial charge on any atom is 0.305 e. The molecule has 0 aromatic heterocycles. The smallest absolute Gasteiger partial charge is 0.305 e. The van der Waals surface area contributed by atoms with Crippen LogP contribution in [0.3, 0.4) is 0 Å². The van der Waals surface area contributed by atoms with Crippen LogP contribution in [0.15, 0.2) is 12.1 Å². The van der Waals surface area contributed by atoms with Crippen LogP contribution in [0.5, 0.6) is 11.5 Å². The number of carbonyl (C=O) groups excluding carboxylic acids is 1. The van der Waals surface area contributed by atoms with E-state index < -0.39 is 0 Å². The zero-order valence-corrected chi connectivity index (χ0v) is 13.4. The number of hydrogen-bond acceptors (Lipinski definition) is 5. The highest BCUT2D eigenvalue weighted by Crippen LogP contribution is 2.34. The summed E-state index contributed by atoms with van der Waals surface area (Å²) in [6, 6.07) is 4.12. The van der Waals surface area contributed by atoms with Gasteiger partial charge in [0.1, 0.15) is 11.5 Å². The lowest BCUT2D eigenvalue weighted by Gasteiger charge is -2.13. The predicted octanol–water partition coefficient (Wildman–Crippen LogP) is 2.23. The molecule has 0 spiro atoms. The first-order valence-corrected chi connectivity index (χ1v) is 7.96. The van der Waals surface area contributed by atoms with Crippen molar-refractivity contribution >= 4 is 5.97 Å². The Bertz CT molecular complexity index is 516. The highest BCUT2D eigenvalue weighted by Gasteiger charge is 2.23. The Morgan fingerprint density at radius 1 is 1.23 bits per heavy atom. The van der Waals surface area contributed by atoms with Crippen LogP contribution in [0, 0.1) is 0 Å². The van der Waals surface area contributed by atoms with Crippen molar-refractivity contribution < 1.29 is 19.0 Å². The van der Waals surface area contributed by atoms with E-state index in [9.17, 15) is 4.79 Å². The van der Waals surface area contributed by atoms with Crippen molar-refractivity contribution in [1.82, 2.24) is 0 Å². The van der Waals surface area contributed by atoms with E-state index in [2.05, 4.69) is 6.07 Å². The lowest BCUT2D eigenvalue weighted by molar-refractivity contribution is -0.143. The number of hydrogen-bond donors (Lipinski definition) is 1. The molecule has 0 aliphatic heterocycles. The van der Waals surface area contributed by atoms with Crippen LogP contribution in [0.2, 0.25) is 0 Å². The molecule has 5 nitrogen and oxygen atoms in total. The van der Waals surface area contributed by atoms with Gasteiger partial charge in [-0.1, -0.05) is 0 Å². The molecule has 122 valence electrons. The van der Waals surface area contributed by atoms with Gasteiger partial charge in [0.2, 0.25) is 0 Å². The van der Waals surface area contributed by atoms with E-state index >= 15 is 0 Å². The molecule has 2 rings (SSSR count). The molecule has 22 heavy (non-hydrogen) atoms. The molecule has 1 aliphatic rings. The van der Waals surface area contributed by atoms with Gasteiger partial charge in [0, 0.05) is 18.5 Å². The summed E-state index contributed by atoms with van der Waals surface area (Å²) in [5.41, 5.74) is 8.43. The van der Waals surface area contributed by atoms with Gasteiger partial charge in [0.15, 0.2) is 0 Å². The number of rotatable bonds is 8. The zero-order chi connectivity index (χ0) is 15.9. The van der Waals surface area contributed by atoms with Crippen LogP contribution in [-0.4, -0.2) is 31.8 Å². The molecule has 1 atom stereocenters. The van der Waals surface area contributed by atoms with E-state index in [1.165, 1.54) is 11.1 Å². The van der Waals surface area contributed by atoms with Crippen LogP contribution in [-0.2, 0) is 22.4 Å². The van der Waals surface area contributed by atoms with Crippen molar-refractivity contribution in [2.24, 2.45) is 5.73 Å². The Morgan fingerprint density at radius 2 is 2.05 bits per heavy atom. The highest BCUT2D eigenvalue weighted by atomic mass is 16.5. The van der Waals surface area contributed by atoms with Gasteiger partial charge in [0.05, 0.1) is 19.8 Å². The largest absolute Gasteiger partial charge is 0.494 e. The van der Waals surface area contributed by atoms with E-state index in [0.29, 0.717) is 32.7 Å². The normalized spacial score (nSPS) is 16.2. The van der Waals surface area contributed by atoms with Crippen LogP contribution in [0.1, 0.15) is 37.8 Å². The van der Waals surface area contributed by atoms with Gasteiger partial charge < -0.3 is 19.9 Å². The Morgan fingerprint density at radius 3 is 2.77 bits per heavy atom. The summed E-state index contributed by atoms with van der Waals surface area (Å²) in [6.45, 7) is 5.28. The molecule has 0 saturated heterocycles. The van der Waals surface area contributed by atoms with Crippen molar-refractivity contribution in [3.8, 4) is 11.5 Å². The van der Waals surface area contributed by atoms with Gasteiger partial charge in [-0.15, -0.1) is 0 Å². The zero-order valence-electron chi connectivity index (χ0n) is 13.4. The molecule has 5 heteroatoms. The molecule has 2 N–H and O–H groups in total. The summed E-state index contributed by atoms with van der Waals surface area (Å²) >= 11 is 0. The van der Waals surface area contributed by atoms with Gasteiger partial charge in [-0.05, 0) is 50.3 Å². The summed E-state index contributed by atoms with van der Waals surface area (Å²) in [5, 5.41) is 0. The average molecular weight is 307 g/mol. The van der Waals surface area contributed by atoms with Gasteiger partial charge >= 0.3 is 5.97 Å². The first kappa shape index (κ1) is 16.6. The lowest BCUT2D eigenvalue weighted by atomic mass is 10.1. The van der Waals surface area contributed by atoms with Gasteiger partial charge in [-0.3, -0.25) is 4.79 Å². The van der Waals surface area contributed by atoms with Crippen LogP contribution < -0.4 is 15.2 Å². The first-order valence-electron chi connectivity index (χ1n) is 7.96. The first-order chi connectivity index (χ1) is 10.6. The Labute approximate surface area is 131 Å². The maximum atomic E-state index is 11.3. The average Bonchev–Trinajstić information content (AvgIpc) is 2.84. The fourth-order valence-corrected chi connectivity index (χ4v) is 2.72. The number of esters is 1. The number of nitrogens with two attached hydrogens (primary N) is 1. The third kappa shape index (κ3) is 4.37. The molecule has 0 saturated carbocycles. The second kappa shape index (κ2) is 8.03. The Hall–Kier alpha value is -1.75. The molecule has 1 aliphatic carbocycles. The third-order valence-corrected chi connectivity index (χ3v) is 3.62.